The largest absolute Gasteiger partial charge is 0.489 e. The first kappa shape index (κ1) is 22.2. The third-order valence-electron chi connectivity index (χ3n) is 6.33. The lowest BCUT2D eigenvalue weighted by Gasteiger charge is -2.17. The molecule has 1 aliphatic rings. The fourth-order valence-corrected chi connectivity index (χ4v) is 4.45. The quantitative estimate of drug-likeness (QED) is 0.457. The van der Waals surface area contributed by atoms with Crippen LogP contribution in [0.2, 0.25) is 0 Å². The van der Waals surface area contributed by atoms with Gasteiger partial charge in [-0.05, 0) is 42.7 Å². The monoisotopic (exact) mass is 469 g/mol. The summed E-state index contributed by atoms with van der Waals surface area (Å²) in [7, 11) is 0. The first-order valence-electron chi connectivity index (χ1n) is 11.3. The molecule has 2 aromatic heterocycles. The first-order chi connectivity index (χ1) is 16.9. The number of rotatable bonds is 5. The molecule has 1 atom stereocenters. The topological polar surface area (TPSA) is 124 Å². The molecule has 0 unspecified atom stereocenters. The van der Waals surface area contributed by atoms with Crippen LogP contribution < -0.4 is 10.4 Å². The van der Waals surface area contributed by atoms with Gasteiger partial charge < -0.3 is 14.7 Å². The van der Waals surface area contributed by atoms with Crippen molar-refractivity contribution in [3.63, 3.8) is 0 Å². The van der Waals surface area contributed by atoms with Crippen molar-refractivity contribution in [2.45, 2.75) is 13.3 Å². The van der Waals surface area contributed by atoms with Crippen LogP contribution in [0.4, 0.5) is 4.79 Å². The molecule has 3 heterocycles. The number of amides is 1. The third kappa shape index (κ3) is 4.22. The molecule has 4 aromatic rings. The van der Waals surface area contributed by atoms with Gasteiger partial charge in [0.1, 0.15) is 0 Å². The lowest BCUT2D eigenvalue weighted by Crippen LogP contribution is -2.27. The van der Waals surface area contributed by atoms with Gasteiger partial charge in [-0.3, -0.25) is 0 Å². The maximum atomic E-state index is 12.9. The summed E-state index contributed by atoms with van der Waals surface area (Å²) in [6.45, 7) is 3.18. The average molecular weight is 470 g/mol. The molecule has 9 heteroatoms. The van der Waals surface area contributed by atoms with Gasteiger partial charge in [0, 0.05) is 24.6 Å². The molecule has 0 spiro atoms. The molecule has 2 aromatic carbocycles. The minimum Gasteiger partial charge on any atom is -0.489 e. The van der Waals surface area contributed by atoms with E-state index in [4.69, 9.17) is 4.74 Å². The Hall–Kier alpha value is -4.58. The molecule has 2 N–H and O–H groups in total. The Labute approximate surface area is 200 Å². The molecule has 1 saturated heterocycles. The van der Waals surface area contributed by atoms with E-state index in [1.165, 1.54) is 9.30 Å². The normalized spacial score (nSPS) is 15.3. The molecular formula is C26H23N5O4. The molecule has 0 saturated carbocycles. The molecule has 5 rings (SSSR count). The number of aryl methyl sites for hydroxylation is 1. The van der Waals surface area contributed by atoms with Crippen LogP contribution in [0.15, 0.2) is 59.4 Å². The van der Waals surface area contributed by atoms with Crippen LogP contribution >= 0.6 is 0 Å². The lowest BCUT2D eigenvalue weighted by atomic mass is 9.97. The van der Waals surface area contributed by atoms with E-state index in [0.717, 1.165) is 22.3 Å². The van der Waals surface area contributed by atoms with Gasteiger partial charge in [0.25, 0.3) is 0 Å². The molecule has 1 amide bonds. The highest BCUT2D eigenvalue weighted by molar-refractivity contribution is 5.85. The molecule has 1 aliphatic heterocycles. The summed E-state index contributed by atoms with van der Waals surface area (Å²) in [5.41, 5.74) is 4.66. The van der Waals surface area contributed by atoms with E-state index in [1.807, 2.05) is 49.4 Å². The van der Waals surface area contributed by atoms with E-state index >= 15 is 0 Å². The molecule has 0 bridgehead atoms. The van der Waals surface area contributed by atoms with E-state index < -0.39 is 11.8 Å². The number of benzene rings is 2. The zero-order chi connectivity index (χ0) is 24.5. The molecule has 9 nitrogen and oxygen atoms in total. The number of nitrogens with one attached hydrogen (secondary N) is 1. The highest BCUT2D eigenvalue weighted by Crippen LogP contribution is 2.37. The molecule has 1 fully saturated rings. The van der Waals surface area contributed by atoms with Crippen LogP contribution in [0.3, 0.4) is 0 Å². The number of aromatic amines is 1. The highest BCUT2D eigenvalue weighted by Gasteiger charge is 2.27. The number of aromatic nitrogens is 3. The second-order valence-corrected chi connectivity index (χ2v) is 8.71. The number of carbonyl (C=O) groups is 1. The summed E-state index contributed by atoms with van der Waals surface area (Å²) >= 11 is 0. The predicted octanol–water partition coefficient (Wildman–Crippen LogP) is 3.92. The number of fused-ring (bicyclic) bond motifs is 1. The molecule has 176 valence electrons. The summed E-state index contributed by atoms with van der Waals surface area (Å²) in [6.07, 6.45) is -0.223. The Morgan fingerprint density at radius 1 is 1.20 bits per heavy atom. The number of pyridine rings is 1. The Bertz CT molecular complexity index is 1500. The molecular weight excluding hydrogens is 446 g/mol. The summed E-state index contributed by atoms with van der Waals surface area (Å²) < 4.78 is 7.65. The maximum Gasteiger partial charge on any atom is 0.407 e. The molecule has 0 aliphatic carbocycles. The number of ether oxygens (including phenoxy) is 1. The summed E-state index contributed by atoms with van der Waals surface area (Å²) in [6, 6.07) is 19.0. The number of carboxylic acid groups (broad SMARTS) is 1. The van der Waals surface area contributed by atoms with Gasteiger partial charge in [0.05, 0.1) is 23.9 Å². The van der Waals surface area contributed by atoms with E-state index in [0.29, 0.717) is 48.8 Å². The van der Waals surface area contributed by atoms with Crippen molar-refractivity contribution in [3.8, 4) is 34.2 Å². The Balaban J connectivity index is 1.63. The maximum absolute atomic E-state index is 12.9. The van der Waals surface area contributed by atoms with E-state index in [1.54, 1.807) is 12.1 Å². The predicted molar refractivity (Wildman–Crippen MR) is 129 cm³/mol. The van der Waals surface area contributed by atoms with Gasteiger partial charge in [0.15, 0.2) is 5.75 Å². The van der Waals surface area contributed by atoms with E-state index in [-0.39, 0.29) is 5.92 Å². The first-order valence-corrected chi connectivity index (χ1v) is 11.3. The van der Waals surface area contributed by atoms with Crippen molar-refractivity contribution < 1.29 is 14.6 Å². The second-order valence-electron chi connectivity index (χ2n) is 8.71. The van der Waals surface area contributed by atoms with Crippen LogP contribution in [-0.4, -0.2) is 50.4 Å². The summed E-state index contributed by atoms with van der Waals surface area (Å²) in [5.74, 6) is 0.472. The number of nitrogens with zero attached hydrogens (tertiary/aromatic N) is 4. The minimum atomic E-state index is -0.931. The Kier molecular flexibility index (Phi) is 5.71. The van der Waals surface area contributed by atoms with Crippen molar-refractivity contribution in [2.75, 3.05) is 19.7 Å². The van der Waals surface area contributed by atoms with Crippen LogP contribution in [0, 0.1) is 24.2 Å². The van der Waals surface area contributed by atoms with Gasteiger partial charge >= 0.3 is 11.8 Å². The zero-order valence-corrected chi connectivity index (χ0v) is 19.1. The van der Waals surface area contributed by atoms with E-state index in [2.05, 4.69) is 16.3 Å². The number of H-pyrrole nitrogens is 1. The van der Waals surface area contributed by atoms with Crippen molar-refractivity contribution in [1.29, 1.82) is 5.26 Å². The summed E-state index contributed by atoms with van der Waals surface area (Å²) in [4.78, 5) is 25.6. The van der Waals surface area contributed by atoms with Gasteiger partial charge in [-0.1, -0.05) is 42.0 Å². The number of hydrogen-bond acceptors (Lipinski definition) is 5. The molecule has 0 radical (unpaired) electrons. The van der Waals surface area contributed by atoms with Gasteiger partial charge in [-0.2, -0.15) is 5.26 Å². The lowest BCUT2D eigenvalue weighted by molar-refractivity contribution is 0.151. The van der Waals surface area contributed by atoms with Gasteiger partial charge in [0.2, 0.25) is 5.65 Å². The van der Waals surface area contributed by atoms with Gasteiger partial charge in [-0.25, -0.2) is 19.1 Å². The standard InChI is InChI=1S/C26H23N5O4/c1-16-2-6-20(7-3-16)23-21(19-8-4-17(13-27)5-9-19)12-22(24-28-29-25(32)31(23)24)35-15-18-10-11-30(14-18)26(33)34/h2-9,12,18H,10-11,14-15H2,1H3,(H,29,32)(H,33,34)/t18-/m1/s1. The third-order valence-corrected chi connectivity index (χ3v) is 6.33. The van der Waals surface area contributed by atoms with Crippen LogP contribution in [0.1, 0.15) is 17.5 Å². The van der Waals surface area contributed by atoms with Crippen molar-refractivity contribution in [2.24, 2.45) is 5.92 Å². The SMILES string of the molecule is Cc1ccc(-c2c(-c3ccc(C#N)cc3)cc(OC[C@@H]3CCN(C(=O)O)C3)c3n[nH]c(=O)n23)cc1. The second kappa shape index (κ2) is 8.99. The number of nitriles is 1. The highest BCUT2D eigenvalue weighted by atomic mass is 16.5. The minimum absolute atomic E-state index is 0.0481. The van der Waals surface area contributed by atoms with Crippen molar-refractivity contribution >= 4 is 11.7 Å². The fourth-order valence-electron chi connectivity index (χ4n) is 4.45. The van der Waals surface area contributed by atoms with Crippen LogP contribution in [-0.2, 0) is 0 Å². The average Bonchev–Trinajstić information content (AvgIpc) is 3.50. The van der Waals surface area contributed by atoms with Gasteiger partial charge in [-0.15, -0.1) is 5.10 Å². The van der Waals surface area contributed by atoms with Crippen molar-refractivity contribution in [3.05, 3.63) is 76.2 Å². The number of likely N-dealkylation sites (tertiary alicyclic amines) is 1. The summed E-state index contributed by atoms with van der Waals surface area (Å²) in [5, 5.41) is 25.2. The zero-order valence-electron chi connectivity index (χ0n) is 19.1. The van der Waals surface area contributed by atoms with E-state index in [9.17, 15) is 20.0 Å². The Morgan fingerprint density at radius 3 is 2.57 bits per heavy atom. The smallest absolute Gasteiger partial charge is 0.407 e. The van der Waals surface area contributed by atoms with Crippen LogP contribution in [0.25, 0.3) is 28.0 Å². The number of hydrogen-bond donors (Lipinski definition) is 2. The van der Waals surface area contributed by atoms with Crippen molar-refractivity contribution in [1.82, 2.24) is 19.5 Å². The molecule has 35 heavy (non-hydrogen) atoms. The fraction of sp³-hybridized carbons (Fsp3) is 0.231. The Morgan fingerprint density at radius 2 is 1.91 bits per heavy atom. The van der Waals surface area contributed by atoms with Crippen LogP contribution in [0.5, 0.6) is 5.75 Å².